The van der Waals surface area contributed by atoms with E-state index in [0.717, 1.165) is 16.1 Å². The fourth-order valence-electron chi connectivity index (χ4n) is 2.17. The monoisotopic (exact) mass is 311 g/mol. The predicted molar refractivity (Wildman–Crippen MR) is 82.8 cm³/mol. The Morgan fingerprint density at radius 3 is 2.30 bits per heavy atom. The van der Waals surface area contributed by atoms with Gasteiger partial charge in [0, 0.05) is 17.1 Å². The van der Waals surface area contributed by atoms with Crippen LogP contribution in [0.5, 0.6) is 0 Å². The lowest BCUT2D eigenvalue weighted by Gasteiger charge is -2.21. The molecule has 1 unspecified atom stereocenters. The molecular formula is C16H16Cl2FN. The summed E-state index contributed by atoms with van der Waals surface area (Å²) in [5, 5.41) is 4.27. The minimum atomic E-state index is -0.400. The van der Waals surface area contributed by atoms with E-state index in [2.05, 4.69) is 5.32 Å². The maximum absolute atomic E-state index is 13.5. The largest absolute Gasteiger partial charge is 0.304 e. The van der Waals surface area contributed by atoms with E-state index in [1.807, 2.05) is 44.2 Å². The third-order valence-corrected chi connectivity index (χ3v) is 3.97. The molecule has 0 aliphatic carbocycles. The summed E-state index contributed by atoms with van der Waals surface area (Å²) in [5.41, 5.74) is 1.88. The number of halogens is 3. The van der Waals surface area contributed by atoms with Gasteiger partial charge in [-0.25, -0.2) is 4.39 Å². The molecular weight excluding hydrogens is 296 g/mol. The first kappa shape index (κ1) is 15.3. The highest BCUT2D eigenvalue weighted by Crippen LogP contribution is 2.26. The topological polar surface area (TPSA) is 12.0 Å². The first-order valence-corrected chi connectivity index (χ1v) is 7.20. The van der Waals surface area contributed by atoms with Crippen molar-refractivity contribution in [2.75, 3.05) is 0 Å². The second kappa shape index (κ2) is 6.57. The molecule has 0 saturated heterocycles. The van der Waals surface area contributed by atoms with Gasteiger partial charge in [-0.1, -0.05) is 47.5 Å². The van der Waals surface area contributed by atoms with Crippen molar-refractivity contribution in [1.82, 2.24) is 5.32 Å². The van der Waals surface area contributed by atoms with Crippen molar-refractivity contribution >= 4 is 23.2 Å². The molecule has 2 rings (SSSR count). The maximum Gasteiger partial charge on any atom is 0.142 e. The molecule has 0 fully saturated rings. The van der Waals surface area contributed by atoms with Crippen molar-refractivity contribution in [2.24, 2.45) is 0 Å². The lowest BCUT2D eigenvalue weighted by Crippen LogP contribution is -2.22. The summed E-state index contributed by atoms with van der Waals surface area (Å²) in [4.78, 5) is 0. The number of benzene rings is 2. The average molecular weight is 312 g/mol. The van der Waals surface area contributed by atoms with Crippen LogP contribution in [-0.4, -0.2) is 0 Å². The lowest BCUT2D eigenvalue weighted by atomic mass is 10.0. The Balaban J connectivity index is 2.13. The zero-order valence-corrected chi connectivity index (χ0v) is 12.8. The van der Waals surface area contributed by atoms with Crippen molar-refractivity contribution in [2.45, 2.75) is 25.9 Å². The summed E-state index contributed by atoms with van der Waals surface area (Å²) in [6, 6.07) is 12.6. The van der Waals surface area contributed by atoms with E-state index in [4.69, 9.17) is 23.2 Å². The van der Waals surface area contributed by atoms with E-state index in [-0.39, 0.29) is 17.1 Å². The Morgan fingerprint density at radius 2 is 1.65 bits per heavy atom. The zero-order valence-electron chi connectivity index (χ0n) is 11.3. The molecule has 2 aromatic carbocycles. The van der Waals surface area contributed by atoms with E-state index < -0.39 is 5.82 Å². The second-order valence-electron chi connectivity index (χ2n) is 4.81. The van der Waals surface area contributed by atoms with Gasteiger partial charge < -0.3 is 5.32 Å². The third kappa shape index (κ3) is 3.51. The summed E-state index contributed by atoms with van der Waals surface area (Å²) in [5.74, 6) is -0.400. The Morgan fingerprint density at radius 1 is 0.950 bits per heavy atom. The molecule has 106 valence electrons. The Labute approximate surface area is 128 Å². The van der Waals surface area contributed by atoms with Crippen LogP contribution in [0, 0.1) is 5.82 Å². The van der Waals surface area contributed by atoms with Crippen molar-refractivity contribution < 1.29 is 4.39 Å². The summed E-state index contributed by atoms with van der Waals surface area (Å²) in [6.45, 7) is 4.01. The number of hydrogen-bond donors (Lipinski definition) is 1. The van der Waals surface area contributed by atoms with Gasteiger partial charge in [0.1, 0.15) is 5.82 Å². The van der Waals surface area contributed by atoms with Crippen LogP contribution < -0.4 is 5.32 Å². The molecule has 1 nitrogen and oxygen atoms in total. The molecule has 0 spiro atoms. The van der Waals surface area contributed by atoms with Gasteiger partial charge in [0.15, 0.2) is 0 Å². The zero-order chi connectivity index (χ0) is 14.7. The molecule has 0 amide bonds. The molecule has 0 aliphatic heterocycles. The molecule has 0 heterocycles. The first-order chi connectivity index (χ1) is 9.49. The highest BCUT2D eigenvalue weighted by Gasteiger charge is 2.14. The predicted octanol–water partition coefficient (Wildman–Crippen LogP) is 5.54. The summed E-state index contributed by atoms with van der Waals surface area (Å²) in [6.07, 6.45) is 0. The van der Waals surface area contributed by atoms with Crippen LogP contribution >= 0.6 is 23.2 Å². The Bertz CT molecular complexity index is 601. The van der Waals surface area contributed by atoms with Crippen molar-refractivity contribution in [3.63, 3.8) is 0 Å². The molecule has 0 radical (unpaired) electrons. The van der Waals surface area contributed by atoms with Gasteiger partial charge in [0.25, 0.3) is 0 Å². The molecule has 4 heteroatoms. The van der Waals surface area contributed by atoms with Crippen LogP contribution in [0.2, 0.25) is 10.0 Å². The molecule has 2 atom stereocenters. The normalized spacial score (nSPS) is 14.1. The van der Waals surface area contributed by atoms with Gasteiger partial charge in [-0.15, -0.1) is 0 Å². The molecule has 0 aliphatic rings. The highest BCUT2D eigenvalue weighted by molar-refractivity contribution is 6.31. The van der Waals surface area contributed by atoms with Crippen LogP contribution in [0.4, 0.5) is 4.39 Å². The van der Waals surface area contributed by atoms with Crippen LogP contribution in [0.1, 0.15) is 37.1 Å². The van der Waals surface area contributed by atoms with Gasteiger partial charge in [-0.2, -0.15) is 0 Å². The van der Waals surface area contributed by atoms with Gasteiger partial charge in [-0.05, 0) is 43.2 Å². The summed E-state index contributed by atoms with van der Waals surface area (Å²) in [7, 11) is 0. The van der Waals surface area contributed by atoms with Crippen molar-refractivity contribution in [3.8, 4) is 0 Å². The SMILES string of the molecule is CC(N[C@H](C)c1ccccc1Cl)c1ccc(Cl)c(F)c1. The van der Waals surface area contributed by atoms with E-state index in [0.29, 0.717) is 0 Å². The fraction of sp³-hybridized carbons (Fsp3) is 0.250. The smallest absolute Gasteiger partial charge is 0.142 e. The highest BCUT2D eigenvalue weighted by atomic mass is 35.5. The Kier molecular flexibility index (Phi) is 5.03. The van der Waals surface area contributed by atoms with E-state index in [1.54, 1.807) is 6.07 Å². The van der Waals surface area contributed by atoms with E-state index in [1.165, 1.54) is 6.07 Å². The minimum absolute atomic E-state index is 0.00644. The molecule has 0 aromatic heterocycles. The number of nitrogens with one attached hydrogen (secondary N) is 1. The Hall–Kier alpha value is -1.09. The minimum Gasteiger partial charge on any atom is -0.304 e. The van der Waals surface area contributed by atoms with Crippen molar-refractivity contribution in [3.05, 3.63) is 69.5 Å². The van der Waals surface area contributed by atoms with Crippen LogP contribution in [-0.2, 0) is 0 Å². The van der Waals surface area contributed by atoms with Crippen LogP contribution in [0.15, 0.2) is 42.5 Å². The van der Waals surface area contributed by atoms with Gasteiger partial charge in [0.2, 0.25) is 0 Å². The number of rotatable bonds is 4. The summed E-state index contributed by atoms with van der Waals surface area (Å²) < 4.78 is 13.5. The number of hydrogen-bond acceptors (Lipinski definition) is 1. The lowest BCUT2D eigenvalue weighted by molar-refractivity contribution is 0.492. The maximum atomic E-state index is 13.5. The first-order valence-electron chi connectivity index (χ1n) is 6.44. The van der Waals surface area contributed by atoms with E-state index >= 15 is 0 Å². The molecule has 1 N–H and O–H groups in total. The van der Waals surface area contributed by atoms with E-state index in [9.17, 15) is 4.39 Å². The second-order valence-corrected chi connectivity index (χ2v) is 5.62. The summed E-state index contributed by atoms with van der Waals surface area (Å²) >= 11 is 11.9. The standard InChI is InChI=1S/C16H16Cl2FN/c1-10(12-7-8-15(18)16(19)9-12)20-11(2)13-5-3-4-6-14(13)17/h3-11,20H,1-2H3/t10?,11-/m1/s1. The molecule has 20 heavy (non-hydrogen) atoms. The van der Waals surface area contributed by atoms with Crippen LogP contribution in [0.3, 0.4) is 0 Å². The van der Waals surface area contributed by atoms with Crippen molar-refractivity contribution in [1.29, 1.82) is 0 Å². The quantitative estimate of drug-likeness (QED) is 0.781. The van der Waals surface area contributed by atoms with Gasteiger partial charge >= 0.3 is 0 Å². The molecule has 2 aromatic rings. The van der Waals surface area contributed by atoms with Crippen LogP contribution in [0.25, 0.3) is 0 Å². The third-order valence-electron chi connectivity index (χ3n) is 3.32. The molecule has 0 saturated carbocycles. The van der Waals surface area contributed by atoms with Gasteiger partial charge in [-0.3, -0.25) is 0 Å². The van der Waals surface area contributed by atoms with Gasteiger partial charge in [0.05, 0.1) is 5.02 Å². The average Bonchev–Trinajstić information content (AvgIpc) is 2.42. The fourth-order valence-corrected chi connectivity index (χ4v) is 2.59. The molecule has 0 bridgehead atoms.